The summed E-state index contributed by atoms with van der Waals surface area (Å²) in [6.45, 7) is 3.10. The van der Waals surface area contributed by atoms with Gasteiger partial charge in [-0.2, -0.15) is 5.26 Å². The van der Waals surface area contributed by atoms with E-state index in [9.17, 15) is 4.79 Å². The van der Waals surface area contributed by atoms with Crippen LogP contribution in [0.1, 0.15) is 39.0 Å². The van der Waals surface area contributed by atoms with Crippen LogP contribution in [0.15, 0.2) is 0 Å². The van der Waals surface area contributed by atoms with Gasteiger partial charge in [0, 0.05) is 20.1 Å². The third-order valence-corrected chi connectivity index (χ3v) is 4.79. The fraction of sp³-hybridized carbons (Fsp3) is 0.867. The summed E-state index contributed by atoms with van der Waals surface area (Å²) in [6, 6.07) is 2.10. The molecular weight excluding hydrogens is 238 g/mol. The molecule has 19 heavy (non-hydrogen) atoms. The largest absolute Gasteiger partial charge is 0.338 e. The summed E-state index contributed by atoms with van der Waals surface area (Å²) < 4.78 is 0. The lowest BCUT2D eigenvalue weighted by molar-refractivity contribution is 0.203. The number of urea groups is 1. The van der Waals surface area contributed by atoms with Gasteiger partial charge in [-0.05, 0) is 50.4 Å². The molecule has 0 heterocycles. The normalized spacial score (nSPS) is 29.8. The topological polar surface area (TPSA) is 56.1 Å². The summed E-state index contributed by atoms with van der Waals surface area (Å²) in [7, 11) is 1.75. The molecule has 106 valence electrons. The number of fused-ring (bicyclic) bond motifs is 2. The number of carbonyl (C=O) groups is 1. The molecule has 0 spiro atoms. The number of carbonyl (C=O) groups excluding carboxylic acids is 1. The minimum absolute atomic E-state index is 0.0507. The van der Waals surface area contributed by atoms with Crippen molar-refractivity contribution in [1.29, 1.82) is 5.26 Å². The summed E-state index contributed by atoms with van der Waals surface area (Å²) in [6.07, 6.45) is 6.76. The van der Waals surface area contributed by atoms with Gasteiger partial charge in [-0.1, -0.05) is 6.42 Å². The molecule has 2 aliphatic rings. The van der Waals surface area contributed by atoms with E-state index in [0.717, 1.165) is 30.7 Å². The maximum absolute atomic E-state index is 11.8. The Morgan fingerprint density at radius 2 is 2.26 bits per heavy atom. The number of hydrogen-bond donors (Lipinski definition) is 1. The molecule has 4 unspecified atom stereocenters. The lowest BCUT2D eigenvalue weighted by Crippen LogP contribution is -2.40. The molecule has 0 aromatic carbocycles. The predicted octanol–water partition coefficient (Wildman–Crippen LogP) is 2.61. The molecule has 2 aliphatic carbocycles. The van der Waals surface area contributed by atoms with Crippen molar-refractivity contribution < 1.29 is 4.79 Å². The van der Waals surface area contributed by atoms with Gasteiger partial charge in [0.2, 0.25) is 0 Å². The zero-order chi connectivity index (χ0) is 13.8. The van der Waals surface area contributed by atoms with Crippen molar-refractivity contribution in [3.05, 3.63) is 0 Å². The van der Waals surface area contributed by atoms with Crippen LogP contribution in [0.3, 0.4) is 0 Å². The van der Waals surface area contributed by atoms with E-state index < -0.39 is 0 Å². The SMILES string of the molecule is CC(C#N)CN(C)C(=O)NCCC1CC2CCC1C2. The summed E-state index contributed by atoms with van der Waals surface area (Å²) in [5.74, 6) is 2.63. The molecular formula is C15H25N3O. The van der Waals surface area contributed by atoms with Gasteiger partial charge in [-0.15, -0.1) is 0 Å². The Balaban J connectivity index is 1.63. The average molecular weight is 263 g/mol. The average Bonchev–Trinajstić information content (AvgIpc) is 3.00. The monoisotopic (exact) mass is 263 g/mol. The zero-order valence-electron chi connectivity index (χ0n) is 12.1. The first-order valence-corrected chi connectivity index (χ1v) is 7.48. The molecule has 0 radical (unpaired) electrons. The minimum Gasteiger partial charge on any atom is -0.338 e. The summed E-state index contributed by atoms with van der Waals surface area (Å²) in [4.78, 5) is 13.4. The van der Waals surface area contributed by atoms with E-state index in [4.69, 9.17) is 5.26 Å². The predicted molar refractivity (Wildman–Crippen MR) is 74.4 cm³/mol. The second-order valence-electron chi connectivity index (χ2n) is 6.37. The molecule has 4 heteroatoms. The van der Waals surface area contributed by atoms with Crippen molar-refractivity contribution in [2.75, 3.05) is 20.1 Å². The quantitative estimate of drug-likeness (QED) is 0.829. The van der Waals surface area contributed by atoms with Crippen molar-refractivity contribution in [2.24, 2.45) is 23.7 Å². The van der Waals surface area contributed by atoms with Crippen LogP contribution in [0.5, 0.6) is 0 Å². The molecule has 2 bridgehead atoms. The third-order valence-electron chi connectivity index (χ3n) is 4.79. The number of nitrogens with zero attached hydrogens (tertiary/aromatic N) is 2. The van der Waals surface area contributed by atoms with Gasteiger partial charge in [0.05, 0.1) is 12.0 Å². The van der Waals surface area contributed by atoms with Crippen LogP contribution >= 0.6 is 0 Å². The van der Waals surface area contributed by atoms with E-state index in [0.29, 0.717) is 6.54 Å². The first-order valence-electron chi connectivity index (χ1n) is 7.48. The molecule has 0 aromatic heterocycles. The van der Waals surface area contributed by atoms with Crippen molar-refractivity contribution >= 4 is 6.03 Å². The van der Waals surface area contributed by atoms with Crippen LogP contribution in [0.25, 0.3) is 0 Å². The second-order valence-corrected chi connectivity index (χ2v) is 6.37. The number of nitriles is 1. The minimum atomic E-state index is -0.110. The summed E-state index contributed by atoms with van der Waals surface area (Å²) in [5.41, 5.74) is 0. The number of amides is 2. The van der Waals surface area contributed by atoms with Crippen LogP contribution in [0.4, 0.5) is 4.79 Å². The highest BCUT2D eigenvalue weighted by atomic mass is 16.2. The molecule has 4 atom stereocenters. The highest BCUT2D eigenvalue weighted by molar-refractivity contribution is 5.73. The molecule has 1 N–H and O–H groups in total. The second kappa shape index (κ2) is 6.27. The molecule has 2 saturated carbocycles. The maximum Gasteiger partial charge on any atom is 0.317 e. The van der Waals surface area contributed by atoms with Gasteiger partial charge in [0.1, 0.15) is 0 Å². The lowest BCUT2D eigenvalue weighted by atomic mass is 9.86. The molecule has 0 aliphatic heterocycles. The smallest absolute Gasteiger partial charge is 0.317 e. The van der Waals surface area contributed by atoms with Crippen LogP contribution in [0, 0.1) is 35.0 Å². The van der Waals surface area contributed by atoms with Crippen LogP contribution in [0.2, 0.25) is 0 Å². The molecule has 2 rings (SSSR count). The lowest BCUT2D eigenvalue weighted by Gasteiger charge is -2.23. The van der Waals surface area contributed by atoms with E-state index in [1.807, 2.05) is 6.92 Å². The van der Waals surface area contributed by atoms with Crippen molar-refractivity contribution in [3.63, 3.8) is 0 Å². The fourth-order valence-corrected chi connectivity index (χ4v) is 3.76. The van der Waals surface area contributed by atoms with Crippen LogP contribution in [-0.4, -0.2) is 31.1 Å². The Kier molecular flexibility index (Phi) is 4.68. The number of nitrogens with one attached hydrogen (secondary N) is 1. The zero-order valence-corrected chi connectivity index (χ0v) is 12.1. The number of hydrogen-bond acceptors (Lipinski definition) is 2. The molecule has 4 nitrogen and oxygen atoms in total. The standard InChI is InChI=1S/C15H25N3O/c1-11(9-16)10-18(2)15(19)17-6-5-14-8-12-3-4-13(14)7-12/h11-14H,3-8,10H2,1-2H3,(H,17,19). The first-order chi connectivity index (χ1) is 9.10. The Hall–Kier alpha value is -1.24. The molecule has 2 amide bonds. The van der Waals surface area contributed by atoms with Crippen molar-refractivity contribution in [2.45, 2.75) is 39.0 Å². The number of rotatable bonds is 5. The van der Waals surface area contributed by atoms with Crippen LogP contribution < -0.4 is 5.32 Å². The third kappa shape index (κ3) is 3.62. The Bertz CT molecular complexity index is 363. The molecule has 0 saturated heterocycles. The Labute approximate surface area is 116 Å². The van der Waals surface area contributed by atoms with Crippen LogP contribution in [-0.2, 0) is 0 Å². The van der Waals surface area contributed by atoms with Gasteiger partial charge in [-0.3, -0.25) is 0 Å². The first kappa shape index (κ1) is 14.2. The van der Waals surface area contributed by atoms with Gasteiger partial charge in [0.25, 0.3) is 0 Å². The maximum atomic E-state index is 11.8. The van der Waals surface area contributed by atoms with E-state index in [-0.39, 0.29) is 11.9 Å². The fourth-order valence-electron chi connectivity index (χ4n) is 3.76. The summed E-state index contributed by atoms with van der Waals surface area (Å²) in [5, 5.41) is 11.7. The van der Waals surface area contributed by atoms with Crippen molar-refractivity contribution in [3.8, 4) is 6.07 Å². The van der Waals surface area contributed by atoms with E-state index in [2.05, 4.69) is 11.4 Å². The van der Waals surface area contributed by atoms with E-state index in [1.54, 1.807) is 11.9 Å². The summed E-state index contributed by atoms with van der Waals surface area (Å²) >= 11 is 0. The van der Waals surface area contributed by atoms with Gasteiger partial charge in [-0.25, -0.2) is 4.79 Å². The van der Waals surface area contributed by atoms with E-state index in [1.165, 1.54) is 25.7 Å². The highest BCUT2D eigenvalue weighted by Gasteiger charge is 2.38. The Morgan fingerprint density at radius 1 is 1.47 bits per heavy atom. The van der Waals surface area contributed by atoms with Crippen molar-refractivity contribution in [1.82, 2.24) is 10.2 Å². The molecule has 2 fully saturated rings. The van der Waals surface area contributed by atoms with Gasteiger partial charge >= 0.3 is 6.03 Å². The molecule has 0 aromatic rings. The van der Waals surface area contributed by atoms with Gasteiger partial charge in [0.15, 0.2) is 0 Å². The van der Waals surface area contributed by atoms with E-state index >= 15 is 0 Å². The van der Waals surface area contributed by atoms with Gasteiger partial charge < -0.3 is 10.2 Å². The Morgan fingerprint density at radius 3 is 2.84 bits per heavy atom. The highest BCUT2D eigenvalue weighted by Crippen LogP contribution is 2.49.